The predicted molar refractivity (Wildman–Crippen MR) is 72.8 cm³/mol. The highest BCUT2D eigenvalue weighted by Gasteiger charge is 2.08. The zero-order chi connectivity index (χ0) is 12.7. The third-order valence-electron chi connectivity index (χ3n) is 1.70. The first-order chi connectivity index (χ1) is 8.11. The van der Waals surface area contributed by atoms with Gasteiger partial charge in [-0.3, -0.25) is 5.32 Å². The molecule has 0 aliphatic heterocycles. The van der Waals surface area contributed by atoms with Crippen LogP contribution < -0.4 is 10.6 Å². The van der Waals surface area contributed by atoms with Gasteiger partial charge in [0.1, 0.15) is 0 Å². The molecule has 0 aliphatic rings. The summed E-state index contributed by atoms with van der Waals surface area (Å²) in [7, 11) is 0. The minimum Gasteiger partial charge on any atom is -0.338 e. The first kappa shape index (κ1) is 14.2. The van der Waals surface area contributed by atoms with Gasteiger partial charge in [-0.15, -0.1) is 10.2 Å². The largest absolute Gasteiger partial charge is 0.338 e. The van der Waals surface area contributed by atoms with Gasteiger partial charge in [0.15, 0.2) is 4.34 Å². The first-order valence-electron chi connectivity index (χ1n) is 5.63. The van der Waals surface area contributed by atoms with Crippen molar-refractivity contribution in [2.24, 2.45) is 5.92 Å². The Morgan fingerprint density at radius 3 is 2.88 bits per heavy atom. The maximum absolute atomic E-state index is 11.4. The van der Waals surface area contributed by atoms with Crippen LogP contribution in [-0.2, 0) is 0 Å². The van der Waals surface area contributed by atoms with E-state index in [-0.39, 0.29) is 6.03 Å². The van der Waals surface area contributed by atoms with Gasteiger partial charge < -0.3 is 5.32 Å². The van der Waals surface area contributed by atoms with E-state index in [2.05, 4.69) is 34.7 Å². The maximum Gasteiger partial charge on any atom is 0.321 e. The van der Waals surface area contributed by atoms with Gasteiger partial charge in [-0.1, -0.05) is 43.9 Å². The second kappa shape index (κ2) is 7.50. The number of rotatable bonds is 6. The Morgan fingerprint density at radius 2 is 2.24 bits per heavy atom. The van der Waals surface area contributed by atoms with E-state index >= 15 is 0 Å². The van der Waals surface area contributed by atoms with Crippen molar-refractivity contribution < 1.29 is 4.79 Å². The fourth-order valence-electron chi connectivity index (χ4n) is 0.936. The number of nitrogens with zero attached hydrogens (tertiary/aromatic N) is 2. The van der Waals surface area contributed by atoms with E-state index in [1.165, 1.54) is 11.3 Å². The number of hydrogen-bond acceptors (Lipinski definition) is 5. The standard InChI is InChI=1S/C10H18N4OS2/c1-4-5-11-8(15)12-9-13-14-10(17-9)16-6-7(2)3/h7H,4-6H2,1-3H3,(H2,11,12,13,15). The molecule has 7 heteroatoms. The van der Waals surface area contributed by atoms with Gasteiger partial charge >= 0.3 is 6.03 Å². The SMILES string of the molecule is CCCNC(=O)Nc1nnc(SCC(C)C)s1. The number of thioether (sulfide) groups is 1. The van der Waals surface area contributed by atoms with Crippen LogP contribution in [-0.4, -0.2) is 28.5 Å². The van der Waals surface area contributed by atoms with Crippen molar-refractivity contribution in [2.75, 3.05) is 17.6 Å². The van der Waals surface area contributed by atoms with Crippen LogP contribution in [0.1, 0.15) is 27.2 Å². The van der Waals surface area contributed by atoms with Crippen molar-refractivity contribution in [3.05, 3.63) is 0 Å². The number of amides is 2. The molecule has 0 atom stereocenters. The fraction of sp³-hybridized carbons (Fsp3) is 0.700. The summed E-state index contributed by atoms with van der Waals surface area (Å²) in [4.78, 5) is 11.4. The molecule has 5 nitrogen and oxygen atoms in total. The Morgan fingerprint density at radius 1 is 1.47 bits per heavy atom. The van der Waals surface area contributed by atoms with Crippen molar-refractivity contribution in [1.29, 1.82) is 0 Å². The van der Waals surface area contributed by atoms with Crippen LogP contribution in [0.15, 0.2) is 4.34 Å². The quantitative estimate of drug-likeness (QED) is 0.618. The summed E-state index contributed by atoms with van der Waals surface area (Å²) in [5.41, 5.74) is 0. The molecule has 0 unspecified atom stereocenters. The number of aromatic nitrogens is 2. The minimum atomic E-state index is -0.219. The molecular formula is C10H18N4OS2. The molecule has 0 bridgehead atoms. The molecular weight excluding hydrogens is 256 g/mol. The van der Waals surface area contributed by atoms with Gasteiger partial charge in [-0.2, -0.15) is 0 Å². The van der Waals surface area contributed by atoms with Crippen molar-refractivity contribution in [1.82, 2.24) is 15.5 Å². The maximum atomic E-state index is 11.4. The topological polar surface area (TPSA) is 66.9 Å². The number of anilines is 1. The van der Waals surface area contributed by atoms with Gasteiger partial charge in [0.2, 0.25) is 5.13 Å². The Kier molecular flexibility index (Phi) is 6.28. The smallest absolute Gasteiger partial charge is 0.321 e. The van der Waals surface area contributed by atoms with Gasteiger partial charge in [-0.05, 0) is 12.3 Å². The lowest BCUT2D eigenvalue weighted by atomic mass is 10.3. The molecule has 0 saturated carbocycles. The average Bonchev–Trinajstić information content (AvgIpc) is 2.71. The van der Waals surface area contributed by atoms with Crippen LogP contribution in [0.2, 0.25) is 0 Å². The van der Waals surface area contributed by atoms with Crippen molar-refractivity contribution in [2.45, 2.75) is 31.5 Å². The first-order valence-corrected chi connectivity index (χ1v) is 7.43. The molecule has 2 amide bonds. The molecule has 0 radical (unpaired) electrons. The Balaban J connectivity index is 2.37. The number of hydrogen-bond donors (Lipinski definition) is 2. The van der Waals surface area contributed by atoms with Crippen LogP contribution in [0.25, 0.3) is 0 Å². The van der Waals surface area contributed by atoms with Crippen molar-refractivity contribution >= 4 is 34.3 Å². The van der Waals surface area contributed by atoms with Crippen LogP contribution in [0.5, 0.6) is 0 Å². The molecule has 1 aromatic heterocycles. The van der Waals surface area contributed by atoms with Crippen LogP contribution in [0, 0.1) is 5.92 Å². The number of urea groups is 1. The highest BCUT2D eigenvalue weighted by molar-refractivity contribution is 8.01. The van der Waals surface area contributed by atoms with Crippen molar-refractivity contribution in [3.63, 3.8) is 0 Å². The van der Waals surface area contributed by atoms with E-state index in [1.54, 1.807) is 11.8 Å². The Bertz CT molecular complexity index is 354. The third kappa shape index (κ3) is 5.88. The van der Waals surface area contributed by atoms with E-state index in [0.29, 0.717) is 17.6 Å². The highest BCUT2D eigenvalue weighted by Crippen LogP contribution is 2.26. The van der Waals surface area contributed by atoms with Gasteiger partial charge in [-0.25, -0.2) is 4.79 Å². The van der Waals surface area contributed by atoms with Gasteiger partial charge in [0.05, 0.1) is 0 Å². The van der Waals surface area contributed by atoms with Crippen LogP contribution in [0.3, 0.4) is 0 Å². The number of carbonyl (C=O) groups excluding carboxylic acids is 1. The summed E-state index contributed by atoms with van der Waals surface area (Å²) in [5, 5.41) is 13.9. The minimum absolute atomic E-state index is 0.219. The zero-order valence-corrected chi connectivity index (χ0v) is 12.0. The molecule has 0 saturated heterocycles. The summed E-state index contributed by atoms with van der Waals surface area (Å²) in [6, 6.07) is -0.219. The number of nitrogens with one attached hydrogen (secondary N) is 2. The molecule has 0 aromatic carbocycles. The zero-order valence-electron chi connectivity index (χ0n) is 10.3. The molecule has 1 aromatic rings. The van der Waals surface area contributed by atoms with E-state index in [1.807, 2.05) is 6.92 Å². The number of carbonyl (C=O) groups is 1. The lowest BCUT2D eigenvalue weighted by molar-refractivity contribution is 0.252. The molecule has 0 aliphatic carbocycles. The summed E-state index contributed by atoms with van der Waals surface area (Å²) >= 11 is 3.07. The molecule has 1 rings (SSSR count). The van der Waals surface area contributed by atoms with E-state index in [0.717, 1.165) is 16.5 Å². The monoisotopic (exact) mass is 274 g/mol. The van der Waals surface area contributed by atoms with E-state index in [4.69, 9.17) is 0 Å². The molecule has 0 fully saturated rings. The third-order valence-corrected chi connectivity index (χ3v) is 4.10. The molecule has 1 heterocycles. The average molecular weight is 274 g/mol. The van der Waals surface area contributed by atoms with E-state index < -0.39 is 0 Å². The summed E-state index contributed by atoms with van der Waals surface area (Å²) in [6.07, 6.45) is 0.916. The van der Waals surface area contributed by atoms with Crippen LogP contribution >= 0.6 is 23.1 Å². The lowest BCUT2D eigenvalue weighted by Crippen LogP contribution is -2.29. The second-order valence-electron chi connectivity index (χ2n) is 3.96. The Labute approximate surface area is 110 Å². The van der Waals surface area contributed by atoms with Gasteiger partial charge in [0.25, 0.3) is 0 Å². The lowest BCUT2D eigenvalue weighted by Gasteiger charge is -2.02. The van der Waals surface area contributed by atoms with Gasteiger partial charge in [0, 0.05) is 12.3 Å². The summed E-state index contributed by atoms with van der Waals surface area (Å²) < 4.78 is 0.893. The predicted octanol–water partition coefficient (Wildman–Crippen LogP) is 2.82. The molecule has 17 heavy (non-hydrogen) atoms. The second-order valence-corrected chi connectivity index (χ2v) is 6.20. The normalized spacial score (nSPS) is 10.6. The van der Waals surface area contributed by atoms with E-state index in [9.17, 15) is 4.79 Å². The Hall–Kier alpha value is -0.820. The summed E-state index contributed by atoms with van der Waals surface area (Å²) in [6.45, 7) is 6.99. The fourth-order valence-corrected chi connectivity index (χ4v) is 2.66. The molecule has 0 spiro atoms. The van der Waals surface area contributed by atoms with Crippen molar-refractivity contribution in [3.8, 4) is 0 Å². The summed E-state index contributed by atoms with van der Waals surface area (Å²) in [5.74, 6) is 1.63. The highest BCUT2D eigenvalue weighted by atomic mass is 32.2. The molecule has 2 N–H and O–H groups in total. The molecule has 96 valence electrons. The van der Waals surface area contributed by atoms with Crippen LogP contribution in [0.4, 0.5) is 9.93 Å².